The molecule has 0 saturated carbocycles. The SMILES string of the molecule is Cc1ccc2c(c1)S(=O)(=O)Cc1cc(C(O)=[NH+]Cc3ccc4c(c3)OCO4)sc1-2. The molecule has 2 N–H and O–H groups in total. The maximum absolute atomic E-state index is 12.7. The molecule has 0 atom stereocenters. The van der Waals surface area contributed by atoms with Crippen LogP contribution in [0.4, 0.5) is 0 Å². The lowest BCUT2D eigenvalue weighted by Gasteiger charge is -2.16. The fourth-order valence-electron chi connectivity index (χ4n) is 3.56. The van der Waals surface area contributed by atoms with Crippen molar-refractivity contribution in [2.24, 2.45) is 0 Å². The molecular weight excluding hydrogens is 410 g/mol. The summed E-state index contributed by atoms with van der Waals surface area (Å²) in [5.74, 6) is 1.37. The Morgan fingerprint density at radius 1 is 1.14 bits per heavy atom. The van der Waals surface area contributed by atoms with Crippen molar-refractivity contribution >= 4 is 27.1 Å². The van der Waals surface area contributed by atoms with Gasteiger partial charge in [-0.1, -0.05) is 12.1 Å². The monoisotopic (exact) mass is 428 g/mol. The summed E-state index contributed by atoms with van der Waals surface area (Å²) in [4.78, 5) is 4.87. The van der Waals surface area contributed by atoms with E-state index in [1.807, 2.05) is 37.3 Å². The molecule has 1 aromatic heterocycles. The third-order valence-electron chi connectivity index (χ3n) is 5.00. The molecule has 0 bridgehead atoms. The van der Waals surface area contributed by atoms with E-state index in [2.05, 4.69) is 4.99 Å². The van der Waals surface area contributed by atoms with Crippen LogP contribution >= 0.6 is 11.3 Å². The normalized spacial score (nSPS) is 16.4. The molecule has 3 heterocycles. The van der Waals surface area contributed by atoms with E-state index in [9.17, 15) is 13.5 Å². The summed E-state index contributed by atoms with van der Waals surface area (Å²) in [7, 11) is -3.38. The minimum Gasteiger partial charge on any atom is -0.459 e. The minimum absolute atomic E-state index is 0.0214. The molecule has 0 saturated heterocycles. The third kappa shape index (κ3) is 3.18. The Labute approximate surface area is 172 Å². The number of fused-ring (bicyclic) bond motifs is 4. The highest BCUT2D eigenvalue weighted by Gasteiger charge is 2.31. The Morgan fingerprint density at radius 3 is 2.83 bits per heavy atom. The van der Waals surface area contributed by atoms with Gasteiger partial charge in [0, 0.05) is 16.0 Å². The molecule has 0 unspecified atom stereocenters. The van der Waals surface area contributed by atoms with E-state index in [0.717, 1.165) is 21.6 Å². The quantitative estimate of drug-likeness (QED) is 0.494. The lowest BCUT2D eigenvalue weighted by atomic mass is 10.1. The molecule has 8 heteroatoms. The number of hydrogen-bond acceptors (Lipinski definition) is 5. The van der Waals surface area contributed by atoms with Gasteiger partial charge >= 0.3 is 5.90 Å². The van der Waals surface area contributed by atoms with Crippen molar-refractivity contribution in [1.82, 2.24) is 0 Å². The minimum atomic E-state index is -3.38. The highest BCUT2D eigenvalue weighted by molar-refractivity contribution is 7.91. The molecule has 5 rings (SSSR count). The van der Waals surface area contributed by atoms with Crippen molar-refractivity contribution < 1.29 is 28.0 Å². The Kier molecular flexibility index (Phi) is 4.15. The van der Waals surface area contributed by atoms with Crippen LogP contribution in [0.3, 0.4) is 0 Å². The van der Waals surface area contributed by atoms with Gasteiger partial charge in [0.2, 0.25) is 6.79 Å². The summed E-state index contributed by atoms with van der Waals surface area (Å²) >= 11 is 1.39. The average Bonchev–Trinajstić information content (AvgIpc) is 3.32. The first-order valence-electron chi connectivity index (χ1n) is 9.06. The average molecular weight is 429 g/mol. The topological polar surface area (TPSA) is 86.8 Å². The summed E-state index contributed by atoms with van der Waals surface area (Å²) < 4.78 is 36.0. The predicted octanol–water partition coefficient (Wildman–Crippen LogP) is 2.32. The van der Waals surface area contributed by atoms with Crippen LogP contribution in [0.1, 0.15) is 21.6 Å². The molecule has 2 aliphatic rings. The summed E-state index contributed by atoms with van der Waals surface area (Å²) in [5, 5.41) is 10.6. The van der Waals surface area contributed by atoms with Crippen LogP contribution in [0.15, 0.2) is 47.4 Å². The number of nitrogens with one attached hydrogen (secondary N) is 1. The zero-order chi connectivity index (χ0) is 20.2. The molecule has 0 amide bonds. The van der Waals surface area contributed by atoms with Gasteiger partial charge in [0.25, 0.3) is 0 Å². The van der Waals surface area contributed by atoms with Crippen molar-refractivity contribution in [3.8, 4) is 21.9 Å². The molecule has 0 aliphatic carbocycles. The summed E-state index contributed by atoms with van der Waals surface area (Å²) in [5.41, 5.74) is 3.27. The molecule has 0 radical (unpaired) electrons. The van der Waals surface area contributed by atoms with Gasteiger partial charge in [-0.05, 0) is 48.4 Å². The molecular formula is C21H18NO5S2+. The van der Waals surface area contributed by atoms with E-state index in [-0.39, 0.29) is 18.4 Å². The number of aliphatic hydroxyl groups excluding tert-OH is 1. The fourth-order valence-corrected chi connectivity index (χ4v) is 6.52. The van der Waals surface area contributed by atoms with E-state index >= 15 is 0 Å². The molecule has 2 aliphatic heterocycles. The maximum atomic E-state index is 12.7. The highest BCUT2D eigenvalue weighted by atomic mass is 32.2. The lowest BCUT2D eigenvalue weighted by molar-refractivity contribution is -0.483. The van der Waals surface area contributed by atoms with Crippen LogP contribution in [0.25, 0.3) is 10.4 Å². The van der Waals surface area contributed by atoms with Crippen molar-refractivity contribution in [1.29, 1.82) is 0 Å². The first kappa shape index (κ1) is 18.2. The zero-order valence-electron chi connectivity index (χ0n) is 15.6. The number of hydrogen-bond donors (Lipinski definition) is 2. The van der Waals surface area contributed by atoms with Crippen LogP contribution in [-0.2, 0) is 22.1 Å². The Hall–Kier alpha value is -2.84. The number of aryl methyl sites for hydroxylation is 1. The van der Waals surface area contributed by atoms with Gasteiger partial charge in [0.05, 0.1) is 10.6 Å². The maximum Gasteiger partial charge on any atom is 0.376 e. The van der Waals surface area contributed by atoms with E-state index in [1.54, 1.807) is 12.1 Å². The van der Waals surface area contributed by atoms with Crippen LogP contribution in [0, 0.1) is 6.92 Å². The standard InChI is InChI=1S/C21H17NO5S2/c1-12-2-4-15-19(6-12)29(24,25)10-14-8-18(28-20(14)15)21(23)22-9-13-3-5-16-17(7-13)27-11-26-16/h2-8H,9-11H2,1H3,(H,22,23)/p+1. The van der Waals surface area contributed by atoms with Crippen molar-refractivity contribution in [3.63, 3.8) is 0 Å². The van der Waals surface area contributed by atoms with E-state index < -0.39 is 9.84 Å². The molecule has 29 heavy (non-hydrogen) atoms. The molecule has 0 fully saturated rings. The van der Waals surface area contributed by atoms with Crippen LogP contribution in [0.5, 0.6) is 11.5 Å². The van der Waals surface area contributed by atoms with Crippen LogP contribution in [0.2, 0.25) is 0 Å². The van der Waals surface area contributed by atoms with Crippen LogP contribution in [-0.4, -0.2) is 26.2 Å². The third-order valence-corrected chi connectivity index (χ3v) is 7.92. The van der Waals surface area contributed by atoms with E-state index in [1.165, 1.54) is 11.3 Å². The van der Waals surface area contributed by atoms with Gasteiger partial charge in [0.15, 0.2) is 27.9 Å². The van der Waals surface area contributed by atoms with Gasteiger partial charge in [-0.3, -0.25) is 0 Å². The second-order valence-electron chi connectivity index (χ2n) is 7.11. The van der Waals surface area contributed by atoms with Gasteiger partial charge in [-0.15, -0.1) is 11.3 Å². The second kappa shape index (κ2) is 6.60. The summed E-state index contributed by atoms with van der Waals surface area (Å²) in [6.07, 6.45) is 0. The molecule has 2 aromatic carbocycles. The van der Waals surface area contributed by atoms with Crippen molar-refractivity contribution in [2.45, 2.75) is 24.1 Å². The van der Waals surface area contributed by atoms with Gasteiger partial charge in [0.1, 0.15) is 4.88 Å². The molecule has 3 aromatic rings. The van der Waals surface area contributed by atoms with Gasteiger partial charge in [-0.2, -0.15) is 0 Å². The smallest absolute Gasteiger partial charge is 0.376 e. The Morgan fingerprint density at radius 2 is 1.97 bits per heavy atom. The number of benzene rings is 2. The first-order chi connectivity index (χ1) is 13.9. The van der Waals surface area contributed by atoms with Gasteiger partial charge in [-0.25, -0.2) is 13.4 Å². The number of rotatable bonds is 3. The largest absolute Gasteiger partial charge is 0.459 e. The number of aliphatic hydroxyl groups is 1. The first-order valence-corrected chi connectivity index (χ1v) is 11.5. The number of sulfone groups is 1. The number of ether oxygens (including phenoxy) is 2. The van der Waals surface area contributed by atoms with Crippen molar-refractivity contribution in [2.75, 3.05) is 6.79 Å². The van der Waals surface area contributed by atoms with Crippen molar-refractivity contribution in [3.05, 3.63) is 64.0 Å². The summed E-state index contributed by atoms with van der Waals surface area (Å²) in [6, 6.07) is 12.8. The predicted molar refractivity (Wildman–Crippen MR) is 109 cm³/mol. The van der Waals surface area contributed by atoms with Gasteiger partial charge < -0.3 is 14.6 Å². The number of thiophene rings is 1. The fraction of sp³-hybridized carbons (Fsp3) is 0.190. The Balaban J connectivity index is 1.46. The molecule has 0 spiro atoms. The zero-order valence-corrected chi connectivity index (χ0v) is 17.2. The summed E-state index contributed by atoms with van der Waals surface area (Å²) in [6.45, 7) is 2.50. The van der Waals surface area contributed by atoms with Crippen LogP contribution < -0.4 is 14.5 Å². The highest BCUT2D eigenvalue weighted by Crippen LogP contribution is 2.43. The Bertz CT molecular complexity index is 1270. The van der Waals surface area contributed by atoms with E-state index in [0.29, 0.717) is 33.4 Å². The second-order valence-corrected chi connectivity index (χ2v) is 10.1. The molecule has 6 nitrogen and oxygen atoms in total. The van der Waals surface area contributed by atoms with E-state index in [4.69, 9.17) is 9.47 Å². The molecule has 148 valence electrons. The lowest BCUT2D eigenvalue weighted by Crippen LogP contribution is -2.71.